The van der Waals surface area contributed by atoms with E-state index in [1.165, 1.54) is 0 Å². The zero-order chi connectivity index (χ0) is 22.7. The average molecular weight is 485 g/mol. The summed E-state index contributed by atoms with van der Waals surface area (Å²) in [4.78, 5) is 16.7. The second-order valence-electron chi connectivity index (χ2n) is 6.95. The van der Waals surface area contributed by atoms with Crippen LogP contribution in [0, 0.1) is 0 Å². The Balaban J connectivity index is 1.89. The quantitative estimate of drug-likeness (QED) is 0.305. The summed E-state index contributed by atoms with van der Waals surface area (Å²) in [5.74, 6) is -1.15. The highest BCUT2D eigenvalue weighted by Crippen LogP contribution is 2.39. The van der Waals surface area contributed by atoms with Crippen molar-refractivity contribution >= 4 is 40.8 Å². The van der Waals surface area contributed by atoms with E-state index in [0.717, 1.165) is 11.1 Å². The number of aromatic nitrogens is 1. The van der Waals surface area contributed by atoms with Crippen LogP contribution in [-0.4, -0.2) is 16.1 Å². The monoisotopic (exact) mass is 483 g/mol. The van der Waals surface area contributed by atoms with Gasteiger partial charge in [0.2, 0.25) is 5.88 Å². The lowest BCUT2D eigenvalue weighted by molar-refractivity contribution is 0.0690. The van der Waals surface area contributed by atoms with E-state index in [1.54, 1.807) is 48.5 Å². The molecule has 7 heteroatoms. The summed E-state index contributed by atoms with van der Waals surface area (Å²) in [5, 5.41) is 11.3. The molecule has 0 bridgehead atoms. The topological polar surface area (TPSA) is 59.4 Å². The van der Waals surface area contributed by atoms with Crippen molar-refractivity contribution in [2.75, 3.05) is 0 Å². The molecule has 0 aliphatic rings. The molecule has 4 nitrogen and oxygen atoms in total. The van der Waals surface area contributed by atoms with Crippen molar-refractivity contribution in [1.29, 1.82) is 0 Å². The minimum absolute atomic E-state index is 0.0000771. The van der Waals surface area contributed by atoms with E-state index in [1.807, 2.05) is 30.3 Å². The van der Waals surface area contributed by atoms with Crippen LogP contribution in [0.25, 0.3) is 22.4 Å². The number of carboxylic acids is 1. The number of hydrogen-bond donors (Lipinski definition) is 1. The Labute approximate surface area is 200 Å². The lowest BCUT2D eigenvalue weighted by Crippen LogP contribution is -2.07. The number of aromatic carboxylic acids is 1. The molecule has 32 heavy (non-hydrogen) atoms. The van der Waals surface area contributed by atoms with E-state index >= 15 is 0 Å². The third-order valence-corrected chi connectivity index (χ3v) is 5.58. The molecular formula is C25H16Cl3NO3. The maximum absolute atomic E-state index is 12.0. The van der Waals surface area contributed by atoms with Crippen LogP contribution in [-0.2, 0) is 6.61 Å². The Bertz CT molecular complexity index is 1280. The first kappa shape index (κ1) is 22.2. The van der Waals surface area contributed by atoms with Crippen LogP contribution in [0.4, 0.5) is 0 Å². The van der Waals surface area contributed by atoms with E-state index in [2.05, 4.69) is 4.98 Å². The summed E-state index contributed by atoms with van der Waals surface area (Å²) in [6.07, 6.45) is 0. The summed E-state index contributed by atoms with van der Waals surface area (Å²) in [7, 11) is 0. The van der Waals surface area contributed by atoms with Crippen LogP contribution in [0.5, 0.6) is 5.88 Å². The van der Waals surface area contributed by atoms with Gasteiger partial charge in [-0.3, -0.25) is 0 Å². The molecule has 0 atom stereocenters. The Morgan fingerprint density at radius 3 is 2.19 bits per heavy atom. The summed E-state index contributed by atoms with van der Waals surface area (Å²) in [6, 6.07) is 23.1. The van der Waals surface area contributed by atoms with Gasteiger partial charge in [0.25, 0.3) is 0 Å². The van der Waals surface area contributed by atoms with Crippen molar-refractivity contribution in [2.45, 2.75) is 6.61 Å². The van der Waals surface area contributed by atoms with Crippen molar-refractivity contribution in [1.82, 2.24) is 4.98 Å². The van der Waals surface area contributed by atoms with Crippen molar-refractivity contribution in [2.24, 2.45) is 0 Å². The molecule has 0 saturated heterocycles. The lowest BCUT2D eigenvalue weighted by atomic mass is 9.97. The van der Waals surface area contributed by atoms with Gasteiger partial charge < -0.3 is 9.84 Å². The molecule has 1 heterocycles. The molecule has 0 aliphatic carbocycles. The van der Waals surface area contributed by atoms with Gasteiger partial charge in [-0.1, -0.05) is 77.3 Å². The Hall–Kier alpha value is -3.05. The number of carboxylic acid groups (broad SMARTS) is 1. The normalized spacial score (nSPS) is 10.7. The van der Waals surface area contributed by atoms with Gasteiger partial charge in [0, 0.05) is 21.2 Å². The molecule has 0 fully saturated rings. The molecule has 0 aliphatic heterocycles. The minimum atomic E-state index is -1.15. The molecule has 0 saturated carbocycles. The van der Waals surface area contributed by atoms with E-state index in [0.29, 0.717) is 31.9 Å². The molecule has 1 aromatic heterocycles. The van der Waals surface area contributed by atoms with Crippen molar-refractivity contribution in [3.8, 4) is 28.3 Å². The second-order valence-corrected chi connectivity index (χ2v) is 8.23. The first-order chi connectivity index (χ1) is 15.4. The van der Waals surface area contributed by atoms with Crippen molar-refractivity contribution < 1.29 is 14.6 Å². The van der Waals surface area contributed by atoms with Gasteiger partial charge in [0.15, 0.2) is 0 Å². The number of ether oxygens (including phenoxy) is 1. The van der Waals surface area contributed by atoms with Crippen LogP contribution in [0.1, 0.15) is 15.9 Å². The fraction of sp³-hybridized carbons (Fsp3) is 0.0400. The first-order valence-electron chi connectivity index (χ1n) is 9.59. The fourth-order valence-corrected chi connectivity index (χ4v) is 3.85. The van der Waals surface area contributed by atoms with Gasteiger partial charge >= 0.3 is 5.97 Å². The SMILES string of the molecule is O=C(O)c1cc(-c2ccc(Cl)cc2)c(-c2ccc(Cl)cc2Cl)nc1OCc1ccccc1. The van der Waals surface area contributed by atoms with E-state index in [9.17, 15) is 9.90 Å². The van der Waals surface area contributed by atoms with Gasteiger partial charge in [-0.15, -0.1) is 0 Å². The lowest BCUT2D eigenvalue weighted by Gasteiger charge is -2.16. The highest BCUT2D eigenvalue weighted by molar-refractivity contribution is 6.36. The summed E-state index contributed by atoms with van der Waals surface area (Å²) in [6.45, 7) is 0.169. The zero-order valence-corrected chi connectivity index (χ0v) is 18.8. The molecule has 4 aromatic rings. The molecule has 0 unspecified atom stereocenters. The Kier molecular flexibility index (Phi) is 6.66. The van der Waals surface area contributed by atoms with Gasteiger partial charge in [-0.05, 0) is 47.5 Å². The Morgan fingerprint density at radius 2 is 1.53 bits per heavy atom. The number of halogens is 3. The molecular weight excluding hydrogens is 469 g/mol. The number of rotatable bonds is 6. The smallest absolute Gasteiger partial charge is 0.341 e. The van der Waals surface area contributed by atoms with Crippen molar-refractivity contribution in [3.63, 3.8) is 0 Å². The van der Waals surface area contributed by atoms with Crippen LogP contribution < -0.4 is 4.74 Å². The summed E-state index contributed by atoms with van der Waals surface area (Å²) >= 11 is 18.6. The van der Waals surface area contributed by atoms with E-state index < -0.39 is 5.97 Å². The predicted molar refractivity (Wildman–Crippen MR) is 128 cm³/mol. The summed E-state index contributed by atoms with van der Waals surface area (Å²) < 4.78 is 5.84. The number of pyridine rings is 1. The molecule has 0 radical (unpaired) electrons. The van der Waals surface area contributed by atoms with Gasteiger partial charge in [-0.25, -0.2) is 9.78 Å². The third-order valence-electron chi connectivity index (χ3n) is 4.78. The molecule has 3 aromatic carbocycles. The third kappa shape index (κ3) is 4.89. The molecule has 1 N–H and O–H groups in total. The van der Waals surface area contributed by atoms with Crippen molar-refractivity contribution in [3.05, 3.63) is 105 Å². The standard InChI is InChI=1S/C25H16Cl3NO3/c26-17-8-6-16(7-9-17)20-13-21(25(30)31)24(32-14-15-4-2-1-3-5-15)29-23(20)19-11-10-18(27)12-22(19)28/h1-13H,14H2,(H,30,31). The highest BCUT2D eigenvalue weighted by Gasteiger charge is 2.21. The zero-order valence-electron chi connectivity index (χ0n) is 16.6. The number of carbonyl (C=O) groups is 1. The van der Waals surface area contributed by atoms with Gasteiger partial charge in [0.05, 0.1) is 10.7 Å². The maximum Gasteiger partial charge on any atom is 0.341 e. The van der Waals surface area contributed by atoms with E-state index in [4.69, 9.17) is 39.5 Å². The highest BCUT2D eigenvalue weighted by atomic mass is 35.5. The van der Waals surface area contributed by atoms with Crippen LogP contribution in [0.3, 0.4) is 0 Å². The Morgan fingerprint density at radius 1 is 0.844 bits per heavy atom. The van der Waals surface area contributed by atoms with Crippen LogP contribution >= 0.6 is 34.8 Å². The van der Waals surface area contributed by atoms with Crippen LogP contribution in [0.15, 0.2) is 78.9 Å². The molecule has 4 rings (SSSR count). The van der Waals surface area contributed by atoms with Gasteiger partial charge in [-0.2, -0.15) is 0 Å². The maximum atomic E-state index is 12.0. The predicted octanol–water partition coefficient (Wildman–Crippen LogP) is 7.65. The first-order valence-corrected chi connectivity index (χ1v) is 10.7. The fourth-order valence-electron chi connectivity index (χ4n) is 3.22. The molecule has 0 amide bonds. The second kappa shape index (κ2) is 9.61. The summed E-state index contributed by atoms with van der Waals surface area (Å²) in [5.41, 5.74) is 3.22. The van der Waals surface area contributed by atoms with E-state index in [-0.39, 0.29) is 18.1 Å². The van der Waals surface area contributed by atoms with Crippen LogP contribution in [0.2, 0.25) is 15.1 Å². The largest absolute Gasteiger partial charge is 0.477 e. The molecule has 160 valence electrons. The minimum Gasteiger partial charge on any atom is -0.477 e. The van der Waals surface area contributed by atoms with Gasteiger partial charge in [0.1, 0.15) is 12.2 Å². The molecule has 0 spiro atoms. The number of nitrogens with zero attached hydrogens (tertiary/aromatic N) is 1. The number of benzene rings is 3. The average Bonchev–Trinajstić information content (AvgIpc) is 2.78. The number of hydrogen-bond acceptors (Lipinski definition) is 3.